The van der Waals surface area contributed by atoms with Crippen LogP contribution in [-0.2, 0) is 22.6 Å². The van der Waals surface area contributed by atoms with Gasteiger partial charge in [0.05, 0.1) is 18.8 Å². The predicted molar refractivity (Wildman–Crippen MR) is 110 cm³/mol. The molecule has 4 N–H and O–H groups in total. The molecule has 2 aromatic carbocycles. The fraction of sp³-hybridized carbons (Fsp3) is 0.333. The molecule has 7 nitrogen and oxygen atoms in total. The SMILES string of the molecule is NCc1ccc(C2OC(CSc3ncn[nH]3)CC(c3ccc(CO)cc3)O2)cc1. The average Bonchev–Trinajstić information content (AvgIpc) is 3.31. The molecule has 152 valence electrons. The molecule has 0 saturated carbocycles. The van der Waals surface area contributed by atoms with E-state index in [9.17, 15) is 5.11 Å². The standard InChI is InChI=1S/C21H24N4O3S/c22-10-14-1-7-17(8-2-14)20-27-18(12-29-21-23-13-24-25-21)9-19(28-20)16-5-3-15(11-26)4-6-16/h1-8,13,18-20,26H,9-12,22H2,(H,23,24,25). The van der Waals surface area contributed by atoms with Gasteiger partial charge in [-0.25, -0.2) is 4.98 Å². The number of nitrogens with zero attached hydrogens (tertiary/aromatic N) is 2. The van der Waals surface area contributed by atoms with E-state index >= 15 is 0 Å². The number of hydrogen-bond donors (Lipinski definition) is 3. The summed E-state index contributed by atoms with van der Waals surface area (Å²) in [5, 5.41) is 16.8. The normalized spacial score (nSPS) is 21.9. The molecule has 0 radical (unpaired) electrons. The van der Waals surface area contributed by atoms with E-state index in [1.54, 1.807) is 11.8 Å². The smallest absolute Gasteiger partial charge is 0.184 e. The summed E-state index contributed by atoms with van der Waals surface area (Å²) in [5.41, 5.74) is 9.70. The highest BCUT2D eigenvalue weighted by atomic mass is 32.2. The minimum Gasteiger partial charge on any atom is -0.392 e. The van der Waals surface area contributed by atoms with Crippen molar-refractivity contribution in [3.8, 4) is 0 Å². The molecule has 1 aromatic heterocycles. The summed E-state index contributed by atoms with van der Waals surface area (Å²) < 4.78 is 12.6. The summed E-state index contributed by atoms with van der Waals surface area (Å²) in [6, 6.07) is 15.9. The van der Waals surface area contributed by atoms with Crippen molar-refractivity contribution in [2.24, 2.45) is 5.73 Å². The van der Waals surface area contributed by atoms with Crippen molar-refractivity contribution < 1.29 is 14.6 Å². The minimum absolute atomic E-state index is 0.0134. The Kier molecular flexibility index (Phi) is 6.58. The van der Waals surface area contributed by atoms with Gasteiger partial charge < -0.3 is 20.3 Å². The number of ether oxygens (including phenoxy) is 2. The second-order valence-electron chi connectivity index (χ2n) is 6.90. The summed E-state index contributed by atoms with van der Waals surface area (Å²) in [7, 11) is 0. The maximum atomic E-state index is 9.30. The zero-order valence-electron chi connectivity index (χ0n) is 15.9. The zero-order chi connectivity index (χ0) is 20.1. The monoisotopic (exact) mass is 412 g/mol. The first kappa shape index (κ1) is 20.1. The number of nitrogens with two attached hydrogens (primary N) is 1. The maximum Gasteiger partial charge on any atom is 0.184 e. The molecular formula is C21H24N4O3S. The first-order chi connectivity index (χ1) is 14.2. The number of aliphatic hydroxyl groups is 1. The number of nitrogens with one attached hydrogen (secondary N) is 1. The first-order valence-corrected chi connectivity index (χ1v) is 10.5. The van der Waals surface area contributed by atoms with Crippen LogP contribution in [0.4, 0.5) is 0 Å². The molecule has 8 heteroatoms. The highest BCUT2D eigenvalue weighted by Crippen LogP contribution is 2.39. The number of rotatable bonds is 7. The van der Waals surface area contributed by atoms with Gasteiger partial charge in [-0.2, -0.15) is 5.10 Å². The third-order valence-electron chi connectivity index (χ3n) is 4.90. The third kappa shape index (κ3) is 5.04. The van der Waals surface area contributed by atoms with Crippen LogP contribution in [0.25, 0.3) is 0 Å². The highest BCUT2D eigenvalue weighted by Gasteiger charge is 2.32. The van der Waals surface area contributed by atoms with E-state index in [1.807, 2.05) is 48.5 Å². The number of thioether (sulfide) groups is 1. The molecule has 1 saturated heterocycles. The Balaban J connectivity index is 1.53. The van der Waals surface area contributed by atoms with Crippen molar-refractivity contribution in [1.29, 1.82) is 0 Å². The maximum absolute atomic E-state index is 9.30. The van der Waals surface area contributed by atoms with Gasteiger partial charge in [-0.3, -0.25) is 5.10 Å². The quantitative estimate of drug-likeness (QED) is 0.512. The third-order valence-corrected chi connectivity index (χ3v) is 5.91. The molecule has 1 fully saturated rings. The van der Waals surface area contributed by atoms with Gasteiger partial charge in [0.1, 0.15) is 6.33 Å². The molecule has 0 bridgehead atoms. The fourth-order valence-corrected chi connectivity index (χ4v) is 4.07. The molecule has 4 rings (SSSR count). The zero-order valence-corrected chi connectivity index (χ0v) is 16.7. The molecule has 3 aromatic rings. The Morgan fingerprint density at radius 2 is 1.76 bits per heavy atom. The second kappa shape index (κ2) is 9.51. The average molecular weight is 413 g/mol. The predicted octanol–water partition coefficient (Wildman–Crippen LogP) is 3.09. The fourth-order valence-electron chi connectivity index (χ4n) is 3.27. The number of hydrogen-bond acceptors (Lipinski definition) is 7. The minimum atomic E-state index is -0.460. The molecule has 0 amide bonds. The van der Waals surface area contributed by atoms with Crippen LogP contribution in [0.15, 0.2) is 60.0 Å². The van der Waals surface area contributed by atoms with E-state index in [-0.39, 0.29) is 18.8 Å². The van der Waals surface area contributed by atoms with Gasteiger partial charge in [0.15, 0.2) is 11.4 Å². The highest BCUT2D eigenvalue weighted by molar-refractivity contribution is 7.99. The van der Waals surface area contributed by atoms with Gasteiger partial charge in [-0.1, -0.05) is 60.3 Å². The molecule has 2 heterocycles. The van der Waals surface area contributed by atoms with Gasteiger partial charge in [0.25, 0.3) is 0 Å². The van der Waals surface area contributed by atoms with Crippen LogP contribution in [0.2, 0.25) is 0 Å². The van der Waals surface area contributed by atoms with Crippen molar-refractivity contribution in [2.45, 2.75) is 43.2 Å². The van der Waals surface area contributed by atoms with Gasteiger partial charge in [-0.05, 0) is 16.7 Å². The molecule has 0 spiro atoms. The van der Waals surface area contributed by atoms with E-state index in [0.29, 0.717) is 6.54 Å². The number of aliphatic hydroxyl groups excluding tert-OH is 1. The number of benzene rings is 2. The topological polar surface area (TPSA) is 106 Å². The molecule has 3 atom stereocenters. The van der Waals surface area contributed by atoms with Crippen LogP contribution < -0.4 is 5.73 Å². The largest absolute Gasteiger partial charge is 0.392 e. The molecule has 0 aliphatic carbocycles. The summed E-state index contributed by atoms with van der Waals surface area (Å²) in [6.45, 7) is 0.532. The van der Waals surface area contributed by atoms with Gasteiger partial charge in [0.2, 0.25) is 0 Å². The summed E-state index contributed by atoms with van der Waals surface area (Å²) in [6.07, 6.45) is 1.66. The van der Waals surface area contributed by atoms with E-state index in [1.165, 1.54) is 6.33 Å². The summed E-state index contributed by atoms with van der Waals surface area (Å²) in [4.78, 5) is 4.17. The lowest BCUT2D eigenvalue weighted by Crippen LogP contribution is -2.31. The van der Waals surface area contributed by atoms with Crippen LogP contribution in [0.1, 0.15) is 41.1 Å². The van der Waals surface area contributed by atoms with Crippen LogP contribution in [0, 0.1) is 0 Å². The molecular weight excluding hydrogens is 388 g/mol. The van der Waals surface area contributed by atoms with Crippen molar-refractivity contribution in [1.82, 2.24) is 15.2 Å². The number of H-pyrrole nitrogens is 1. The van der Waals surface area contributed by atoms with Crippen molar-refractivity contribution in [2.75, 3.05) is 5.75 Å². The Hall–Kier alpha value is -2.23. The molecule has 29 heavy (non-hydrogen) atoms. The van der Waals surface area contributed by atoms with Crippen molar-refractivity contribution in [3.05, 3.63) is 77.1 Å². The number of aromatic amines is 1. The Morgan fingerprint density at radius 1 is 1.03 bits per heavy atom. The van der Waals surface area contributed by atoms with E-state index in [2.05, 4.69) is 15.2 Å². The second-order valence-corrected chi connectivity index (χ2v) is 7.91. The van der Waals surface area contributed by atoms with E-state index in [0.717, 1.165) is 39.6 Å². The Morgan fingerprint density at radius 3 is 2.41 bits per heavy atom. The Bertz CT molecular complexity index is 832. The van der Waals surface area contributed by atoms with Crippen LogP contribution in [0.5, 0.6) is 0 Å². The van der Waals surface area contributed by atoms with Crippen LogP contribution in [-0.4, -0.2) is 32.1 Å². The van der Waals surface area contributed by atoms with Crippen molar-refractivity contribution >= 4 is 11.8 Å². The summed E-state index contributed by atoms with van der Waals surface area (Å²) in [5.74, 6) is 0.737. The molecule has 1 aliphatic heterocycles. The lowest BCUT2D eigenvalue weighted by molar-refractivity contribution is -0.245. The van der Waals surface area contributed by atoms with E-state index in [4.69, 9.17) is 15.2 Å². The summed E-state index contributed by atoms with van der Waals surface area (Å²) >= 11 is 1.58. The lowest BCUT2D eigenvalue weighted by atomic mass is 10.0. The van der Waals surface area contributed by atoms with Crippen LogP contribution >= 0.6 is 11.8 Å². The Labute approximate surface area is 173 Å². The van der Waals surface area contributed by atoms with Crippen molar-refractivity contribution in [3.63, 3.8) is 0 Å². The van der Waals surface area contributed by atoms with Crippen LogP contribution in [0.3, 0.4) is 0 Å². The van der Waals surface area contributed by atoms with Gasteiger partial charge in [-0.15, -0.1) is 0 Å². The van der Waals surface area contributed by atoms with E-state index < -0.39 is 6.29 Å². The number of aromatic nitrogens is 3. The molecule has 1 aliphatic rings. The van der Waals surface area contributed by atoms with Gasteiger partial charge >= 0.3 is 0 Å². The molecule has 3 unspecified atom stereocenters. The lowest BCUT2D eigenvalue weighted by Gasteiger charge is -2.36. The van der Waals surface area contributed by atoms with Gasteiger partial charge in [0, 0.05) is 24.3 Å². The first-order valence-electron chi connectivity index (χ1n) is 9.53.